The maximum atomic E-state index is 12.6. The first-order chi connectivity index (χ1) is 10.0. The number of rotatable bonds is 5. The molecule has 0 radical (unpaired) electrons. The zero-order valence-electron chi connectivity index (χ0n) is 13.3. The maximum Gasteiger partial charge on any atom is 0.253 e. The Hall–Kier alpha value is -1.55. The molecule has 1 atom stereocenters. The van der Waals surface area contributed by atoms with Crippen LogP contribution in [0.4, 0.5) is 5.69 Å². The molecule has 0 saturated carbocycles. The van der Waals surface area contributed by atoms with E-state index in [0.29, 0.717) is 12.2 Å². The molecule has 116 valence electrons. The van der Waals surface area contributed by atoms with E-state index in [-0.39, 0.29) is 11.4 Å². The largest absolute Gasteiger partial charge is 0.384 e. The quantitative estimate of drug-likeness (QED) is 0.876. The van der Waals surface area contributed by atoms with Crippen LogP contribution in [0.3, 0.4) is 0 Å². The highest BCUT2D eigenvalue weighted by molar-refractivity contribution is 6.00. The lowest BCUT2D eigenvalue weighted by atomic mass is 9.94. The Kier molecular flexibility index (Phi) is 5.23. The van der Waals surface area contributed by atoms with Gasteiger partial charge in [-0.05, 0) is 50.8 Å². The van der Waals surface area contributed by atoms with Gasteiger partial charge in [-0.3, -0.25) is 4.79 Å². The van der Waals surface area contributed by atoms with E-state index in [0.717, 1.165) is 43.7 Å². The van der Waals surface area contributed by atoms with Crippen LogP contribution in [0.25, 0.3) is 0 Å². The van der Waals surface area contributed by atoms with Crippen molar-refractivity contribution in [3.05, 3.63) is 29.3 Å². The molecule has 1 aromatic carbocycles. The molecule has 1 unspecified atom stereocenters. The molecule has 1 aliphatic heterocycles. The van der Waals surface area contributed by atoms with Crippen LogP contribution < -0.4 is 10.6 Å². The Morgan fingerprint density at radius 1 is 1.43 bits per heavy atom. The molecule has 2 N–H and O–H groups in total. The average molecular weight is 290 g/mol. The smallest absolute Gasteiger partial charge is 0.253 e. The number of amides is 1. The minimum Gasteiger partial charge on any atom is -0.384 e. The van der Waals surface area contributed by atoms with Gasteiger partial charge in [0.15, 0.2) is 0 Å². The molecule has 2 rings (SSSR count). The summed E-state index contributed by atoms with van der Waals surface area (Å²) in [6, 6.07) is 5.91. The first-order valence-electron chi connectivity index (χ1n) is 7.79. The van der Waals surface area contributed by atoms with Crippen LogP contribution in [-0.4, -0.2) is 31.2 Å². The van der Waals surface area contributed by atoms with Gasteiger partial charge in [-0.2, -0.15) is 0 Å². The van der Waals surface area contributed by atoms with E-state index in [1.54, 1.807) is 0 Å². The summed E-state index contributed by atoms with van der Waals surface area (Å²) in [5, 5.41) is 6.49. The van der Waals surface area contributed by atoms with Gasteiger partial charge in [-0.15, -0.1) is 0 Å². The van der Waals surface area contributed by atoms with E-state index >= 15 is 0 Å². The van der Waals surface area contributed by atoms with E-state index < -0.39 is 0 Å². The number of benzene rings is 1. The summed E-state index contributed by atoms with van der Waals surface area (Å²) in [5.41, 5.74) is 2.51. The molecule has 4 heteroatoms. The van der Waals surface area contributed by atoms with Gasteiger partial charge in [0.25, 0.3) is 5.91 Å². The van der Waals surface area contributed by atoms with E-state index in [4.69, 9.17) is 4.74 Å². The number of nitrogens with one attached hydrogen (secondary N) is 2. The Balaban J connectivity index is 2.14. The molecule has 0 bridgehead atoms. The highest BCUT2D eigenvalue weighted by Crippen LogP contribution is 2.22. The normalized spacial score (nSPS) is 21.9. The zero-order valence-corrected chi connectivity index (χ0v) is 13.3. The van der Waals surface area contributed by atoms with Crippen LogP contribution >= 0.6 is 0 Å². The Labute approximate surface area is 127 Å². The standard InChI is InChI=1S/C17H26N2O2/c1-4-9-18-15-11-13(2)6-7-14(15)16(20)19-17(3)8-5-10-21-12-17/h6-7,11,18H,4-5,8-10,12H2,1-3H3,(H,19,20). The Bertz CT molecular complexity index is 494. The molecular formula is C17H26N2O2. The summed E-state index contributed by atoms with van der Waals surface area (Å²) in [5.74, 6) is -0.0263. The van der Waals surface area contributed by atoms with Gasteiger partial charge in [0.1, 0.15) is 0 Å². The number of hydrogen-bond acceptors (Lipinski definition) is 3. The molecule has 4 nitrogen and oxygen atoms in total. The summed E-state index contributed by atoms with van der Waals surface area (Å²) in [6.07, 6.45) is 2.98. The molecular weight excluding hydrogens is 264 g/mol. The fraction of sp³-hybridized carbons (Fsp3) is 0.588. The summed E-state index contributed by atoms with van der Waals surface area (Å²) in [6.45, 7) is 8.45. The molecule has 1 heterocycles. The molecule has 0 spiro atoms. The van der Waals surface area contributed by atoms with Crippen molar-refractivity contribution in [2.45, 2.75) is 45.6 Å². The fourth-order valence-corrected chi connectivity index (χ4v) is 2.64. The predicted octanol–water partition coefficient (Wildman–Crippen LogP) is 3.12. The molecule has 0 aliphatic carbocycles. The number of ether oxygens (including phenoxy) is 1. The molecule has 1 saturated heterocycles. The summed E-state index contributed by atoms with van der Waals surface area (Å²) in [7, 11) is 0. The van der Waals surface area contributed by atoms with Gasteiger partial charge in [-0.1, -0.05) is 13.0 Å². The van der Waals surface area contributed by atoms with Crippen molar-refractivity contribution in [3.63, 3.8) is 0 Å². The van der Waals surface area contributed by atoms with Crippen molar-refractivity contribution in [1.29, 1.82) is 0 Å². The second kappa shape index (κ2) is 6.94. The molecule has 21 heavy (non-hydrogen) atoms. The lowest BCUT2D eigenvalue weighted by Gasteiger charge is -2.34. The third kappa shape index (κ3) is 4.21. The van der Waals surface area contributed by atoms with E-state index in [1.807, 2.05) is 25.1 Å². The number of hydrogen-bond donors (Lipinski definition) is 2. The third-order valence-electron chi connectivity index (χ3n) is 3.84. The SMILES string of the molecule is CCCNc1cc(C)ccc1C(=O)NC1(C)CCCOC1. The summed E-state index contributed by atoms with van der Waals surface area (Å²) < 4.78 is 5.51. The van der Waals surface area contributed by atoms with Crippen LogP contribution in [0.1, 0.15) is 49.0 Å². The van der Waals surface area contributed by atoms with Crippen molar-refractivity contribution in [2.24, 2.45) is 0 Å². The van der Waals surface area contributed by atoms with Crippen molar-refractivity contribution in [1.82, 2.24) is 5.32 Å². The van der Waals surface area contributed by atoms with E-state index in [9.17, 15) is 4.79 Å². The number of aryl methyl sites for hydroxylation is 1. The summed E-state index contributed by atoms with van der Waals surface area (Å²) in [4.78, 5) is 12.6. The van der Waals surface area contributed by atoms with E-state index in [2.05, 4.69) is 24.5 Å². The maximum absolute atomic E-state index is 12.6. The highest BCUT2D eigenvalue weighted by atomic mass is 16.5. The van der Waals surface area contributed by atoms with Gasteiger partial charge >= 0.3 is 0 Å². The van der Waals surface area contributed by atoms with Gasteiger partial charge < -0.3 is 15.4 Å². The zero-order chi connectivity index (χ0) is 15.3. The average Bonchev–Trinajstić information content (AvgIpc) is 2.45. The van der Waals surface area contributed by atoms with Crippen LogP contribution in [0.5, 0.6) is 0 Å². The number of anilines is 1. The minimum absolute atomic E-state index is 0.0263. The number of carbonyl (C=O) groups is 1. The second-order valence-electron chi connectivity index (χ2n) is 6.15. The van der Waals surface area contributed by atoms with Crippen LogP contribution in [0.2, 0.25) is 0 Å². The van der Waals surface area contributed by atoms with Crippen LogP contribution in [-0.2, 0) is 4.74 Å². The topological polar surface area (TPSA) is 50.4 Å². The fourth-order valence-electron chi connectivity index (χ4n) is 2.64. The second-order valence-corrected chi connectivity index (χ2v) is 6.15. The van der Waals surface area contributed by atoms with Crippen molar-refractivity contribution < 1.29 is 9.53 Å². The predicted molar refractivity (Wildman–Crippen MR) is 85.9 cm³/mol. The highest BCUT2D eigenvalue weighted by Gasteiger charge is 2.30. The first kappa shape index (κ1) is 15.8. The van der Waals surface area contributed by atoms with Crippen LogP contribution in [0, 0.1) is 6.92 Å². The molecule has 1 fully saturated rings. The summed E-state index contributed by atoms with van der Waals surface area (Å²) >= 11 is 0. The Morgan fingerprint density at radius 3 is 2.90 bits per heavy atom. The van der Waals surface area contributed by atoms with Gasteiger partial charge in [0, 0.05) is 18.8 Å². The van der Waals surface area contributed by atoms with E-state index in [1.165, 1.54) is 0 Å². The lowest BCUT2D eigenvalue weighted by Crippen LogP contribution is -2.51. The van der Waals surface area contributed by atoms with Gasteiger partial charge in [0.2, 0.25) is 0 Å². The monoisotopic (exact) mass is 290 g/mol. The van der Waals surface area contributed by atoms with Crippen molar-refractivity contribution in [3.8, 4) is 0 Å². The molecule has 1 amide bonds. The van der Waals surface area contributed by atoms with Crippen LogP contribution in [0.15, 0.2) is 18.2 Å². The third-order valence-corrected chi connectivity index (χ3v) is 3.84. The van der Waals surface area contributed by atoms with Crippen molar-refractivity contribution >= 4 is 11.6 Å². The number of carbonyl (C=O) groups excluding carboxylic acids is 1. The lowest BCUT2D eigenvalue weighted by molar-refractivity contribution is 0.0273. The minimum atomic E-state index is -0.262. The van der Waals surface area contributed by atoms with Crippen molar-refractivity contribution in [2.75, 3.05) is 25.1 Å². The molecule has 0 aromatic heterocycles. The molecule has 1 aromatic rings. The van der Waals surface area contributed by atoms with Gasteiger partial charge in [0.05, 0.1) is 17.7 Å². The Morgan fingerprint density at radius 2 is 2.24 bits per heavy atom. The first-order valence-corrected chi connectivity index (χ1v) is 7.79. The molecule has 1 aliphatic rings. The van der Waals surface area contributed by atoms with Gasteiger partial charge in [-0.25, -0.2) is 0 Å².